The van der Waals surface area contributed by atoms with E-state index in [2.05, 4.69) is 23.4 Å². The zero-order valence-electron chi connectivity index (χ0n) is 11.4. The van der Waals surface area contributed by atoms with Gasteiger partial charge < -0.3 is 15.8 Å². The molecule has 0 amide bonds. The Kier molecular flexibility index (Phi) is 4.63. The first kappa shape index (κ1) is 13.7. The van der Waals surface area contributed by atoms with Crippen molar-refractivity contribution in [3.63, 3.8) is 0 Å². The van der Waals surface area contributed by atoms with Gasteiger partial charge in [-0.15, -0.1) is 0 Å². The monoisotopic (exact) mass is 263 g/mol. The minimum absolute atomic E-state index is 0.315. The lowest BCUT2D eigenvalue weighted by atomic mass is 10.1. The molecule has 0 bridgehead atoms. The molecule has 1 aliphatic heterocycles. The molecule has 2 rings (SSSR count). The average molecular weight is 263 g/mol. The number of aryl methyl sites for hydroxylation is 1. The molecule has 1 aromatic rings. The summed E-state index contributed by atoms with van der Waals surface area (Å²) in [5.41, 5.74) is 6.43. The van der Waals surface area contributed by atoms with Crippen molar-refractivity contribution in [1.82, 2.24) is 9.78 Å². The SMILES string of the molecule is CCCCn1nc(NC2CCOCC2)c(C#N)c1N. The quantitative estimate of drug-likeness (QED) is 0.844. The lowest BCUT2D eigenvalue weighted by molar-refractivity contribution is 0.0903. The van der Waals surface area contributed by atoms with Gasteiger partial charge in [-0.1, -0.05) is 13.3 Å². The van der Waals surface area contributed by atoms with Crippen LogP contribution in [0.3, 0.4) is 0 Å². The van der Waals surface area contributed by atoms with E-state index in [0.717, 1.165) is 45.4 Å². The molecule has 0 radical (unpaired) electrons. The van der Waals surface area contributed by atoms with Crippen LogP contribution in [0.5, 0.6) is 0 Å². The molecular weight excluding hydrogens is 242 g/mol. The van der Waals surface area contributed by atoms with Gasteiger partial charge in [0.15, 0.2) is 5.82 Å². The number of nitrogens with zero attached hydrogens (tertiary/aromatic N) is 3. The maximum Gasteiger partial charge on any atom is 0.168 e. The van der Waals surface area contributed by atoms with Crippen molar-refractivity contribution in [2.24, 2.45) is 0 Å². The third-order valence-corrected chi connectivity index (χ3v) is 3.39. The number of unbranched alkanes of at least 4 members (excludes halogenated alkanes) is 1. The summed E-state index contributed by atoms with van der Waals surface area (Å²) in [6.45, 7) is 4.38. The van der Waals surface area contributed by atoms with E-state index in [1.807, 2.05) is 0 Å². The molecule has 1 aromatic heterocycles. The van der Waals surface area contributed by atoms with Gasteiger partial charge in [-0.2, -0.15) is 10.4 Å². The summed E-state index contributed by atoms with van der Waals surface area (Å²) in [5, 5.41) is 17.0. The molecular formula is C13H21N5O. The number of hydrogen-bond donors (Lipinski definition) is 2. The van der Waals surface area contributed by atoms with Crippen molar-refractivity contribution in [3.8, 4) is 6.07 Å². The Balaban J connectivity index is 2.12. The summed E-state index contributed by atoms with van der Waals surface area (Å²) >= 11 is 0. The van der Waals surface area contributed by atoms with Crippen LogP contribution in [0.4, 0.5) is 11.6 Å². The van der Waals surface area contributed by atoms with Gasteiger partial charge in [0, 0.05) is 25.8 Å². The first-order valence-electron chi connectivity index (χ1n) is 6.87. The number of nitrogens with two attached hydrogens (primary N) is 1. The highest BCUT2D eigenvalue weighted by Gasteiger charge is 2.20. The highest BCUT2D eigenvalue weighted by atomic mass is 16.5. The van der Waals surface area contributed by atoms with Gasteiger partial charge in [-0.05, 0) is 19.3 Å². The molecule has 0 atom stereocenters. The van der Waals surface area contributed by atoms with Crippen LogP contribution < -0.4 is 11.1 Å². The number of ether oxygens (including phenoxy) is 1. The van der Waals surface area contributed by atoms with Crippen LogP contribution in [0.1, 0.15) is 38.2 Å². The maximum absolute atomic E-state index is 9.22. The molecule has 0 saturated carbocycles. The molecule has 1 fully saturated rings. The molecule has 1 saturated heterocycles. The van der Waals surface area contributed by atoms with E-state index in [1.165, 1.54) is 0 Å². The predicted molar refractivity (Wildman–Crippen MR) is 73.7 cm³/mol. The highest BCUT2D eigenvalue weighted by molar-refractivity contribution is 5.64. The molecule has 0 aliphatic carbocycles. The fourth-order valence-electron chi connectivity index (χ4n) is 2.20. The standard InChI is InChI=1S/C13H21N5O/c1-2-3-6-18-12(15)11(9-14)13(17-18)16-10-4-7-19-8-5-10/h10H,2-8,15H2,1H3,(H,16,17). The second-order valence-electron chi connectivity index (χ2n) is 4.83. The average Bonchev–Trinajstić information content (AvgIpc) is 2.73. The summed E-state index contributed by atoms with van der Waals surface area (Å²) in [6.07, 6.45) is 3.95. The van der Waals surface area contributed by atoms with Crippen LogP contribution >= 0.6 is 0 Å². The highest BCUT2D eigenvalue weighted by Crippen LogP contribution is 2.23. The van der Waals surface area contributed by atoms with Crippen molar-refractivity contribution < 1.29 is 4.74 Å². The van der Waals surface area contributed by atoms with Gasteiger partial charge in [-0.25, -0.2) is 4.68 Å². The topological polar surface area (TPSA) is 88.9 Å². The van der Waals surface area contributed by atoms with E-state index < -0.39 is 0 Å². The third-order valence-electron chi connectivity index (χ3n) is 3.39. The van der Waals surface area contributed by atoms with Crippen molar-refractivity contribution in [2.75, 3.05) is 24.3 Å². The minimum atomic E-state index is 0.315. The third kappa shape index (κ3) is 3.18. The molecule has 19 heavy (non-hydrogen) atoms. The van der Waals surface area contributed by atoms with Crippen LogP contribution in [0, 0.1) is 11.3 Å². The summed E-state index contributed by atoms with van der Waals surface area (Å²) in [5.74, 6) is 1.08. The summed E-state index contributed by atoms with van der Waals surface area (Å²) in [7, 11) is 0. The number of nitrogen functional groups attached to an aromatic ring is 1. The molecule has 0 unspecified atom stereocenters. The Morgan fingerprint density at radius 2 is 2.26 bits per heavy atom. The molecule has 3 N–H and O–H groups in total. The van der Waals surface area contributed by atoms with Gasteiger partial charge in [0.2, 0.25) is 0 Å². The van der Waals surface area contributed by atoms with Crippen LogP contribution in [-0.4, -0.2) is 29.0 Å². The van der Waals surface area contributed by atoms with E-state index >= 15 is 0 Å². The number of rotatable bonds is 5. The minimum Gasteiger partial charge on any atom is -0.383 e. The Hall–Kier alpha value is -1.74. The second-order valence-corrected chi connectivity index (χ2v) is 4.83. The number of nitriles is 1. The fourth-order valence-corrected chi connectivity index (χ4v) is 2.20. The zero-order chi connectivity index (χ0) is 13.7. The fraction of sp³-hybridized carbons (Fsp3) is 0.692. The smallest absolute Gasteiger partial charge is 0.168 e. The summed E-state index contributed by atoms with van der Waals surface area (Å²) in [4.78, 5) is 0. The van der Waals surface area contributed by atoms with Crippen molar-refractivity contribution in [1.29, 1.82) is 5.26 Å². The Bertz CT molecular complexity index is 456. The van der Waals surface area contributed by atoms with Crippen molar-refractivity contribution in [3.05, 3.63) is 5.56 Å². The first-order chi connectivity index (χ1) is 9.26. The normalized spacial score (nSPS) is 16.2. The molecule has 104 valence electrons. The number of nitrogens with one attached hydrogen (secondary N) is 1. The summed E-state index contributed by atoms with van der Waals surface area (Å²) in [6, 6.07) is 2.46. The van der Waals surface area contributed by atoms with Gasteiger partial charge in [0.25, 0.3) is 0 Å². The van der Waals surface area contributed by atoms with Crippen LogP contribution in [-0.2, 0) is 11.3 Å². The lowest BCUT2D eigenvalue weighted by Gasteiger charge is -2.22. The Morgan fingerprint density at radius 3 is 2.89 bits per heavy atom. The van der Waals surface area contributed by atoms with Gasteiger partial charge in [0.05, 0.1) is 0 Å². The second kappa shape index (κ2) is 6.43. The molecule has 2 heterocycles. The van der Waals surface area contributed by atoms with Crippen LogP contribution in [0.2, 0.25) is 0 Å². The first-order valence-corrected chi connectivity index (χ1v) is 6.87. The lowest BCUT2D eigenvalue weighted by Crippen LogP contribution is -2.28. The van der Waals surface area contributed by atoms with Crippen LogP contribution in [0.25, 0.3) is 0 Å². The number of aromatic nitrogens is 2. The number of anilines is 2. The molecule has 0 aromatic carbocycles. The van der Waals surface area contributed by atoms with E-state index in [9.17, 15) is 5.26 Å². The Labute approximate surface area is 113 Å². The van der Waals surface area contributed by atoms with E-state index in [-0.39, 0.29) is 0 Å². The van der Waals surface area contributed by atoms with Gasteiger partial charge in [-0.3, -0.25) is 0 Å². The van der Waals surface area contributed by atoms with E-state index in [4.69, 9.17) is 10.5 Å². The van der Waals surface area contributed by atoms with Gasteiger partial charge >= 0.3 is 0 Å². The number of hydrogen-bond acceptors (Lipinski definition) is 5. The van der Waals surface area contributed by atoms with E-state index in [1.54, 1.807) is 4.68 Å². The molecule has 0 spiro atoms. The predicted octanol–water partition coefficient (Wildman–Crippen LogP) is 1.73. The van der Waals surface area contributed by atoms with Crippen LogP contribution in [0.15, 0.2) is 0 Å². The molecule has 1 aliphatic rings. The summed E-state index contributed by atoms with van der Waals surface area (Å²) < 4.78 is 7.05. The largest absolute Gasteiger partial charge is 0.383 e. The molecule has 6 heteroatoms. The maximum atomic E-state index is 9.22. The van der Waals surface area contributed by atoms with E-state index in [0.29, 0.717) is 23.2 Å². The van der Waals surface area contributed by atoms with Gasteiger partial charge in [0.1, 0.15) is 17.5 Å². The molecule has 6 nitrogen and oxygen atoms in total. The Morgan fingerprint density at radius 1 is 1.53 bits per heavy atom. The van der Waals surface area contributed by atoms with Crippen molar-refractivity contribution in [2.45, 2.75) is 45.2 Å². The van der Waals surface area contributed by atoms with Crippen molar-refractivity contribution >= 4 is 11.6 Å². The zero-order valence-corrected chi connectivity index (χ0v) is 11.4.